The molecule has 1 aromatic rings. The number of halogens is 1. The van der Waals surface area contributed by atoms with E-state index in [4.69, 9.17) is 9.84 Å². The molecular weight excluding hydrogens is 298 g/mol. The molecule has 1 heterocycles. The molecule has 0 radical (unpaired) electrons. The minimum absolute atomic E-state index is 0.0975. The van der Waals surface area contributed by atoms with Crippen LogP contribution in [0.15, 0.2) is 22.7 Å². The van der Waals surface area contributed by atoms with E-state index in [1.54, 1.807) is 0 Å². The van der Waals surface area contributed by atoms with Crippen LogP contribution in [0.5, 0.6) is 0 Å². The number of aliphatic carboxylic acids is 1. The van der Waals surface area contributed by atoms with E-state index in [1.807, 2.05) is 25.1 Å². The zero-order chi connectivity index (χ0) is 13.1. The Bertz CT molecular complexity index is 450. The van der Waals surface area contributed by atoms with Crippen molar-refractivity contribution in [2.45, 2.75) is 19.4 Å². The summed E-state index contributed by atoms with van der Waals surface area (Å²) in [6, 6.07) is 6.01. The van der Waals surface area contributed by atoms with Crippen molar-refractivity contribution in [1.82, 2.24) is 0 Å². The lowest BCUT2D eigenvalue weighted by Crippen LogP contribution is -2.46. The number of rotatable bonds is 3. The molecule has 98 valence electrons. The maximum Gasteiger partial charge on any atom is 0.305 e. The lowest BCUT2D eigenvalue weighted by molar-refractivity contribution is -0.138. The summed E-state index contributed by atoms with van der Waals surface area (Å²) in [7, 11) is 0. The summed E-state index contributed by atoms with van der Waals surface area (Å²) in [5.41, 5.74) is 2.21. The molecule has 0 spiro atoms. The third kappa shape index (κ3) is 3.03. The van der Waals surface area contributed by atoms with E-state index in [2.05, 4.69) is 20.8 Å². The highest BCUT2D eigenvalue weighted by Gasteiger charge is 2.26. The van der Waals surface area contributed by atoms with Gasteiger partial charge in [0.25, 0.3) is 0 Å². The molecule has 1 aromatic carbocycles. The van der Waals surface area contributed by atoms with Crippen LogP contribution < -0.4 is 4.90 Å². The maximum absolute atomic E-state index is 10.9. The van der Waals surface area contributed by atoms with E-state index >= 15 is 0 Å². The Morgan fingerprint density at radius 1 is 1.61 bits per heavy atom. The fourth-order valence-corrected chi connectivity index (χ4v) is 2.91. The number of carboxylic acids is 1. The van der Waals surface area contributed by atoms with Gasteiger partial charge in [-0.3, -0.25) is 4.79 Å². The fourth-order valence-electron chi connectivity index (χ4n) is 2.19. The number of carbonyl (C=O) groups is 1. The molecule has 1 N–H and O–H groups in total. The quantitative estimate of drug-likeness (QED) is 0.931. The summed E-state index contributed by atoms with van der Waals surface area (Å²) in [6.07, 6.45) is 0.0975. The summed E-state index contributed by atoms with van der Waals surface area (Å²) in [5.74, 6) is -0.793. The Hall–Kier alpha value is -1.07. The van der Waals surface area contributed by atoms with Gasteiger partial charge in [-0.1, -0.05) is 6.07 Å². The molecule has 1 unspecified atom stereocenters. The van der Waals surface area contributed by atoms with Gasteiger partial charge in [0.1, 0.15) is 0 Å². The second-order valence-corrected chi connectivity index (χ2v) is 5.33. The zero-order valence-electron chi connectivity index (χ0n) is 10.2. The van der Waals surface area contributed by atoms with Gasteiger partial charge in [-0.25, -0.2) is 0 Å². The normalized spacial score (nSPS) is 19.9. The second kappa shape index (κ2) is 5.71. The minimum atomic E-state index is -0.793. The average Bonchev–Trinajstić information content (AvgIpc) is 2.30. The van der Waals surface area contributed by atoms with E-state index in [0.29, 0.717) is 13.2 Å². The number of hydrogen-bond donors (Lipinski definition) is 1. The highest BCUT2D eigenvalue weighted by Crippen LogP contribution is 2.30. The Balaban J connectivity index is 2.24. The highest BCUT2D eigenvalue weighted by molar-refractivity contribution is 9.10. The summed E-state index contributed by atoms with van der Waals surface area (Å²) in [5, 5.41) is 8.95. The van der Waals surface area contributed by atoms with Crippen molar-refractivity contribution < 1.29 is 14.6 Å². The van der Waals surface area contributed by atoms with Crippen LogP contribution in [-0.2, 0) is 9.53 Å². The summed E-state index contributed by atoms with van der Waals surface area (Å²) >= 11 is 3.55. The van der Waals surface area contributed by atoms with Crippen molar-refractivity contribution >= 4 is 27.6 Å². The largest absolute Gasteiger partial charge is 0.481 e. The third-order valence-corrected chi connectivity index (χ3v) is 3.69. The number of benzene rings is 1. The summed E-state index contributed by atoms with van der Waals surface area (Å²) < 4.78 is 6.38. The van der Waals surface area contributed by atoms with Crippen LogP contribution in [0, 0.1) is 6.92 Å². The molecule has 0 aromatic heterocycles. The monoisotopic (exact) mass is 313 g/mol. The SMILES string of the molecule is Cc1ccc(N2CCOCC2CC(=O)O)c(Br)c1. The van der Waals surface area contributed by atoms with Gasteiger partial charge < -0.3 is 14.7 Å². The van der Waals surface area contributed by atoms with Crippen molar-refractivity contribution in [3.05, 3.63) is 28.2 Å². The molecular formula is C13H16BrNO3. The van der Waals surface area contributed by atoms with Crippen LogP contribution >= 0.6 is 15.9 Å². The van der Waals surface area contributed by atoms with Crippen molar-refractivity contribution in [3.8, 4) is 0 Å². The van der Waals surface area contributed by atoms with Crippen LogP contribution in [-0.4, -0.2) is 36.9 Å². The van der Waals surface area contributed by atoms with Crippen LogP contribution in [0.25, 0.3) is 0 Å². The molecule has 1 aliphatic rings. The standard InChI is InChI=1S/C13H16BrNO3/c1-9-2-3-12(11(14)6-9)15-4-5-18-8-10(15)7-13(16)17/h2-3,6,10H,4-5,7-8H2,1H3,(H,16,17). The van der Waals surface area contributed by atoms with E-state index in [9.17, 15) is 4.79 Å². The van der Waals surface area contributed by atoms with Crippen LogP contribution in [0.1, 0.15) is 12.0 Å². The van der Waals surface area contributed by atoms with Crippen molar-refractivity contribution in [2.75, 3.05) is 24.7 Å². The topological polar surface area (TPSA) is 49.8 Å². The Labute approximate surface area is 115 Å². The molecule has 1 aliphatic heterocycles. The van der Waals surface area contributed by atoms with Crippen molar-refractivity contribution in [3.63, 3.8) is 0 Å². The van der Waals surface area contributed by atoms with Gasteiger partial charge in [0, 0.05) is 11.0 Å². The molecule has 0 saturated carbocycles. The van der Waals surface area contributed by atoms with Crippen molar-refractivity contribution in [2.24, 2.45) is 0 Å². The van der Waals surface area contributed by atoms with Crippen molar-refractivity contribution in [1.29, 1.82) is 0 Å². The molecule has 4 nitrogen and oxygen atoms in total. The lowest BCUT2D eigenvalue weighted by atomic mass is 10.1. The number of ether oxygens (including phenoxy) is 1. The molecule has 2 rings (SSSR count). The maximum atomic E-state index is 10.9. The van der Waals surface area contributed by atoms with E-state index in [-0.39, 0.29) is 12.5 Å². The minimum Gasteiger partial charge on any atom is -0.481 e. The highest BCUT2D eigenvalue weighted by atomic mass is 79.9. The van der Waals surface area contributed by atoms with Gasteiger partial charge >= 0.3 is 5.97 Å². The van der Waals surface area contributed by atoms with Crippen LogP contribution in [0.3, 0.4) is 0 Å². The molecule has 0 amide bonds. The molecule has 1 fully saturated rings. The van der Waals surface area contributed by atoms with Gasteiger partial charge in [0.15, 0.2) is 0 Å². The summed E-state index contributed by atoms with van der Waals surface area (Å²) in [6.45, 7) is 3.85. The smallest absolute Gasteiger partial charge is 0.305 e. The molecule has 1 atom stereocenters. The lowest BCUT2D eigenvalue weighted by Gasteiger charge is -2.37. The number of morpholine rings is 1. The molecule has 0 aliphatic carbocycles. The predicted molar refractivity (Wildman–Crippen MR) is 73.1 cm³/mol. The molecule has 1 saturated heterocycles. The Morgan fingerprint density at radius 2 is 2.39 bits per heavy atom. The number of hydrogen-bond acceptors (Lipinski definition) is 3. The van der Waals surface area contributed by atoms with E-state index in [0.717, 1.165) is 16.7 Å². The van der Waals surface area contributed by atoms with Gasteiger partial charge in [-0.15, -0.1) is 0 Å². The van der Waals surface area contributed by atoms with E-state index in [1.165, 1.54) is 5.56 Å². The van der Waals surface area contributed by atoms with Crippen LogP contribution in [0.2, 0.25) is 0 Å². The number of anilines is 1. The van der Waals surface area contributed by atoms with Crippen LogP contribution in [0.4, 0.5) is 5.69 Å². The molecule has 0 bridgehead atoms. The Morgan fingerprint density at radius 3 is 3.06 bits per heavy atom. The van der Waals surface area contributed by atoms with Gasteiger partial charge in [0.05, 0.1) is 31.4 Å². The Kier molecular flexibility index (Phi) is 4.24. The first-order valence-corrected chi connectivity index (χ1v) is 6.69. The first-order valence-electron chi connectivity index (χ1n) is 5.90. The first kappa shape index (κ1) is 13.4. The third-order valence-electron chi connectivity index (χ3n) is 3.05. The number of carboxylic acid groups (broad SMARTS) is 1. The zero-order valence-corrected chi connectivity index (χ0v) is 11.8. The molecule has 5 heteroatoms. The number of aryl methyl sites for hydroxylation is 1. The van der Waals surface area contributed by atoms with Gasteiger partial charge in [-0.2, -0.15) is 0 Å². The van der Waals surface area contributed by atoms with E-state index < -0.39 is 5.97 Å². The predicted octanol–water partition coefficient (Wildman–Crippen LogP) is 2.44. The van der Waals surface area contributed by atoms with Gasteiger partial charge in [0.2, 0.25) is 0 Å². The fraction of sp³-hybridized carbons (Fsp3) is 0.462. The average molecular weight is 314 g/mol. The second-order valence-electron chi connectivity index (χ2n) is 4.47. The van der Waals surface area contributed by atoms with Gasteiger partial charge in [-0.05, 0) is 40.5 Å². The number of nitrogens with zero attached hydrogens (tertiary/aromatic N) is 1. The molecule has 18 heavy (non-hydrogen) atoms. The summed E-state index contributed by atoms with van der Waals surface area (Å²) in [4.78, 5) is 13.0. The first-order chi connectivity index (χ1) is 8.58.